The number of nitrogens with zero attached hydrogens (tertiary/aromatic N) is 2. The third kappa shape index (κ3) is 5.01. The Balaban J connectivity index is 1.77. The van der Waals surface area contributed by atoms with Gasteiger partial charge in [0.05, 0.1) is 16.6 Å². The van der Waals surface area contributed by atoms with Gasteiger partial charge >= 0.3 is 0 Å². The van der Waals surface area contributed by atoms with Crippen molar-refractivity contribution in [1.29, 1.82) is 0 Å². The summed E-state index contributed by atoms with van der Waals surface area (Å²) in [5.74, 6) is 0.726. The molecular weight excluding hydrogens is 330 g/mol. The van der Waals surface area contributed by atoms with Crippen molar-refractivity contribution in [3.8, 4) is 0 Å². The van der Waals surface area contributed by atoms with E-state index in [1.54, 1.807) is 0 Å². The highest BCUT2D eigenvalue weighted by atomic mass is 35.5. The molecule has 8 heteroatoms. The fourth-order valence-corrected chi connectivity index (χ4v) is 3.00. The van der Waals surface area contributed by atoms with Gasteiger partial charge < -0.3 is 9.73 Å². The number of thioether (sulfide) groups is 1. The molecule has 21 heavy (non-hydrogen) atoms. The van der Waals surface area contributed by atoms with Crippen LogP contribution in [0.15, 0.2) is 21.8 Å². The van der Waals surface area contributed by atoms with Gasteiger partial charge in [-0.3, -0.25) is 4.79 Å². The molecule has 1 amide bonds. The zero-order valence-electron chi connectivity index (χ0n) is 12.0. The van der Waals surface area contributed by atoms with Crippen LogP contribution in [0, 0.1) is 0 Å². The van der Waals surface area contributed by atoms with Crippen LogP contribution >= 0.6 is 34.7 Å². The standard InChI is InChI=1S/C13H16ClN3O2S2/c1-13(2,3)11-16-17-12(19-11)20-7-10(18)15-6-8-4-5-9(14)21-8/h4-5H,6-7H2,1-3H3,(H,15,18). The van der Waals surface area contributed by atoms with E-state index in [0.29, 0.717) is 22.0 Å². The van der Waals surface area contributed by atoms with E-state index in [9.17, 15) is 4.79 Å². The second-order valence-corrected chi connectivity index (χ2v) is 8.12. The summed E-state index contributed by atoms with van der Waals surface area (Å²) in [5, 5.41) is 11.1. The van der Waals surface area contributed by atoms with Crippen LogP contribution < -0.4 is 5.32 Å². The molecule has 0 bridgehead atoms. The summed E-state index contributed by atoms with van der Waals surface area (Å²) in [6.07, 6.45) is 0. The smallest absolute Gasteiger partial charge is 0.277 e. The van der Waals surface area contributed by atoms with E-state index < -0.39 is 0 Å². The van der Waals surface area contributed by atoms with E-state index in [0.717, 1.165) is 4.88 Å². The largest absolute Gasteiger partial charge is 0.415 e. The number of amides is 1. The summed E-state index contributed by atoms with van der Waals surface area (Å²) in [7, 11) is 0. The number of carbonyl (C=O) groups excluding carboxylic acids is 1. The van der Waals surface area contributed by atoms with E-state index in [4.69, 9.17) is 16.0 Å². The molecule has 0 radical (unpaired) electrons. The summed E-state index contributed by atoms with van der Waals surface area (Å²) in [6, 6.07) is 3.71. The molecule has 0 saturated carbocycles. The molecule has 0 fully saturated rings. The second-order valence-electron chi connectivity index (χ2n) is 5.39. The van der Waals surface area contributed by atoms with E-state index in [1.165, 1.54) is 23.1 Å². The fourth-order valence-electron chi connectivity index (χ4n) is 1.38. The zero-order chi connectivity index (χ0) is 15.5. The number of rotatable bonds is 5. The summed E-state index contributed by atoms with van der Waals surface area (Å²) in [4.78, 5) is 12.8. The van der Waals surface area contributed by atoms with Crippen LogP contribution in [0.1, 0.15) is 31.5 Å². The van der Waals surface area contributed by atoms with Crippen molar-refractivity contribution in [3.63, 3.8) is 0 Å². The van der Waals surface area contributed by atoms with Crippen molar-refractivity contribution in [2.24, 2.45) is 0 Å². The minimum absolute atomic E-state index is 0.0833. The lowest BCUT2D eigenvalue weighted by molar-refractivity contribution is -0.118. The third-order valence-corrected chi connectivity index (χ3v) is 4.51. The van der Waals surface area contributed by atoms with Crippen LogP contribution in [0.5, 0.6) is 0 Å². The number of halogens is 1. The molecule has 2 rings (SSSR count). The van der Waals surface area contributed by atoms with Gasteiger partial charge in [0.25, 0.3) is 5.22 Å². The van der Waals surface area contributed by atoms with Crippen molar-refractivity contribution >= 4 is 40.6 Å². The topological polar surface area (TPSA) is 68.0 Å². The lowest BCUT2D eigenvalue weighted by atomic mass is 9.97. The Hall–Kier alpha value is -1.05. The molecule has 0 aliphatic carbocycles. The Morgan fingerprint density at radius 3 is 2.76 bits per heavy atom. The van der Waals surface area contributed by atoms with Crippen molar-refractivity contribution in [3.05, 3.63) is 27.2 Å². The predicted octanol–water partition coefficient (Wildman–Crippen LogP) is 3.49. The van der Waals surface area contributed by atoms with Gasteiger partial charge in [-0.1, -0.05) is 44.1 Å². The first-order valence-electron chi connectivity index (χ1n) is 6.32. The summed E-state index contributed by atoms with van der Waals surface area (Å²) >= 11 is 8.51. The van der Waals surface area contributed by atoms with Gasteiger partial charge in [-0.25, -0.2) is 0 Å². The number of carbonyl (C=O) groups is 1. The molecule has 1 N–H and O–H groups in total. The van der Waals surface area contributed by atoms with Crippen molar-refractivity contribution in [2.45, 2.75) is 38.0 Å². The van der Waals surface area contributed by atoms with Crippen molar-refractivity contribution in [1.82, 2.24) is 15.5 Å². The highest BCUT2D eigenvalue weighted by Gasteiger charge is 2.21. The number of nitrogens with one attached hydrogen (secondary N) is 1. The van der Waals surface area contributed by atoms with Gasteiger partial charge in [-0.15, -0.1) is 21.5 Å². The molecular formula is C13H16ClN3O2S2. The van der Waals surface area contributed by atoms with E-state index in [2.05, 4.69) is 15.5 Å². The van der Waals surface area contributed by atoms with Gasteiger partial charge in [0.1, 0.15) is 0 Å². The highest BCUT2D eigenvalue weighted by molar-refractivity contribution is 7.99. The first-order valence-corrected chi connectivity index (χ1v) is 8.50. The normalized spacial score (nSPS) is 11.6. The number of hydrogen-bond acceptors (Lipinski definition) is 6. The van der Waals surface area contributed by atoms with Crippen LogP contribution in [-0.2, 0) is 16.8 Å². The maximum atomic E-state index is 11.8. The minimum atomic E-state index is -0.188. The van der Waals surface area contributed by atoms with Gasteiger partial charge in [-0.05, 0) is 12.1 Å². The lowest BCUT2D eigenvalue weighted by Gasteiger charge is -2.10. The van der Waals surface area contributed by atoms with Crippen LogP contribution in [0.25, 0.3) is 0 Å². The molecule has 2 aromatic heterocycles. The fraction of sp³-hybridized carbons (Fsp3) is 0.462. The number of aromatic nitrogens is 2. The first-order chi connectivity index (χ1) is 9.84. The van der Waals surface area contributed by atoms with E-state index in [1.807, 2.05) is 32.9 Å². The molecule has 0 atom stereocenters. The molecule has 0 aliphatic rings. The van der Waals surface area contributed by atoms with Crippen LogP contribution in [0.3, 0.4) is 0 Å². The molecule has 114 valence electrons. The van der Waals surface area contributed by atoms with E-state index in [-0.39, 0.29) is 17.1 Å². The molecule has 2 aromatic rings. The third-order valence-electron chi connectivity index (χ3n) is 2.46. The van der Waals surface area contributed by atoms with E-state index >= 15 is 0 Å². The zero-order valence-corrected chi connectivity index (χ0v) is 14.4. The second kappa shape index (κ2) is 6.81. The maximum absolute atomic E-state index is 11.8. The summed E-state index contributed by atoms with van der Waals surface area (Å²) in [5.41, 5.74) is -0.188. The predicted molar refractivity (Wildman–Crippen MR) is 84.9 cm³/mol. The monoisotopic (exact) mass is 345 g/mol. The Bertz CT molecular complexity index is 619. The molecule has 0 spiro atoms. The molecule has 0 aromatic carbocycles. The van der Waals surface area contributed by atoms with Crippen LogP contribution in [-0.4, -0.2) is 21.9 Å². The SMILES string of the molecule is CC(C)(C)c1nnc(SCC(=O)NCc2ccc(Cl)s2)o1. The summed E-state index contributed by atoms with van der Waals surface area (Å²) < 4.78 is 6.23. The van der Waals surface area contributed by atoms with Crippen LogP contribution in [0.4, 0.5) is 0 Å². The summed E-state index contributed by atoms with van der Waals surface area (Å²) in [6.45, 7) is 6.46. The Morgan fingerprint density at radius 1 is 1.43 bits per heavy atom. The maximum Gasteiger partial charge on any atom is 0.277 e. The minimum Gasteiger partial charge on any atom is -0.415 e. The lowest BCUT2D eigenvalue weighted by Crippen LogP contribution is -2.24. The first kappa shape index (κ1) is 16.3. The van der Waals surface area contributed by atoms with Crippen molar-refractivity contribution in [2.75, 3.05) is 5.75 Å². The average Bonchev–Trinajstić information content (AvgIpc) is 3.02. The van der Waals surface area contributed by atoms with Gasteiger partial charge in [0.15, 0.2) is 0 Å². The molecule has 0 unspecified atom stereocenters. The average molecular weight is 346 g/mol. The molecule has 0 saturated heterocycles. The molecule has 5 nitrogen and oxygen atoms in total. The molecule has 2 heterocycles. The Kier molecular flexibility index (Phi) is 5.29. The Labute approximate surface area is 136 Å². The number of thiophene rings is 1. The van der Waals surface area contributed by atoms with Gasteiger partial charge in [-0.2, -0.15) is 0 Å². The van der Waals surface area contributed by atoms with Gasteiger partial charge in [0.2, 0.25) is 11.8 Å². The van der Waals surface area contributed by atoms with Crippen molar-refractivity contribution < 1.29 is 9.21 Å². The quantitative estimate of drug-likeness (QED) is 0.840. The highest BCUT2D eigenvalue weighted by Crippen LogP contribution is 2.24. The van der Waals surface area contributed by atoms with Crippen LogP contribution in [0.2, 0.25) is 4.34 Å². The molecule has 0 aliphatic heterocycles. The van der Waals surface area contributed by atoms with Gasteiger partial charge in [0, 0.05) is 10.3 Å². The number of hydrogen-bond donors (Lipinski definition) is 1. The Morgan fingerprint density at radius 2 is 2.19 bits per heavy atom.